The Labute approximate surface area is 123 Å². The molecule has 21 heavy (non-hydrogen) atoms. The van der Waals surface area contributed by atoms with Crippen LogP contribution in [0.15, 0.2) is 18.2 Å². The lowest BCUT2D eigenvalue weighted by Gasteiger charge is -2.29. The van der Waals surface area contributed by atoms with Crippen LogP contribution < -0.4 is 10.6 Å². The molecule has 5 heteroatoms. The number of carboxylic acids is 1. The molecule has 1 aromatic rings. The van der Waals surface area contributed by atoms with E-state index in [4.69, 9.17) is 0 Å². The molecule has 1 fully saturated rings. The van der Waals surface area contributed by atoms with Crippen molar-refractivity contribution in [2.45, 2.75) is 38.5 Å². The van der Waals surface area contributed by atoms with E-state index in [1.54, 1.807) is 6.07 Å². The molecule has 3 N–H and O–H groups in total. The Morgan fingerprint density at radius 2 is 1.86 bits per heavy atom. The van der Waals surface area contributed by atoms with Crippen LogP contribution in [-0.2, 0) is 4.79 Å². The number of aromatic carboxylic acids is 1. The van der Waals surface area contributed by atoms with E-state index >= 15 is 0 Å². The van der Waals surface area contributed by atoms with Gasteiger partial charge in [-0.15, -0.1) is 0 Å². The molecule has 1 aliphatic heterocycles. The molecule has 3 rings (SSSR count). The molecule has 112 valence electrons. The van der Waals surface area contributed by atoms with Gasteiger partial charge in [0, 0.05) is 6.54 Å². The van der Waals surface area contributed by atoms with E-state index in [1.807, 2.05) is 6.07 Å². The SMILES string of the molecule is O=C(O)c1cccc2c1NC(=O)C1(CCCCCC1)CN2. The van der Waals surface area contributed by atoms with Crippen molar-refractivity contribution in [1.29, 1.82) is 0 Å². The van der Waals surface area contributed by atoms with Gasteiger partial charge in [0.25, 0.3) is 0 Å². The normalized spacial score (nSPS) is 20.7. The fraction of sp³-hybridized carbons (Fsp3) is 0.500. The lowest BCUT2D eigenvalue weighted by atomic mass is 9.79. The lowest BCUT2D eigenvalue weighted by molar-refractivity contribution is -0.125. The Hall–Kier alpha value is -2.04. The molecule has 5 nitrogen and oxygen atoms in total. The van der Waals surface area contributed by atoms with Gasteiger partial charge < -0.3 is 15.7 Å². The van der Waals surface area contributed by atoms with Crippen molar-refractivity contribution in [3.8, 4) is 0 Å². The van der Waals surface area contributed by atoms with Crippen molar-refractivity contribution in [1.82, 2.24) is 0 Å². The summed E-state index contributed by atoms with van der Waals surface area (Å²) in [5.41, 5.74) is 0.824. The Balaban J connectivity index is 1.97. The third-order valence-corrected chi connectivity index (χ3v) is 4.69. The van der Waals surface area contributed by atoms with Gasteiger partial charge in [0.15, 0.2) is 0 Å². The average molecular weight is 288 g/mol. The van der Waals surface area contributed by atoms with E-state index in [2.05, 4.69) is 10.6 Å². The Bertz CT molecular complexity index is 575. The number of carboxylic acid groups (broad SMARTS) is 1. The van der Waals surface area contributed by atoms with Gasteiger partial charge in [-0.3, -0.25) is 4.79 Å². The number of hydrogen-bond donors (Lipinski definition) is 3. The first-order valence-corrected chi connectivity index (χ1v) is 7.54. The van der Waals surface area contributed by atoms with Gasteiger partial charge >= 0.3 is 5.97 Å². The molecule has 1 spiro atoms. The molecule has 0 unspecified atom stereocenters. The molecular weight excluding hydrogens is 268 g/mol. The van der Waals surface area contributed by atoms with Gasteiger partial charge in [0.05, 0.1) is 22.4 Å². The van der Waals surface area contributed by atoms with E-state index < -0.39 is 11.4 Å². The van der Waals surface area contributed by atoms with Crippen LogP contribution in [0.5, 0.6) is 0 Å². The Kier molecular flexibility index (Phi) is 3.57. The number of hydrogen-bond acceptors (Lipinski definition) is 3. The molecule has 1 amide bonds. The number of benzene rings is 1. The standard InChI is InChI=1S/C16H20N2O3/c19-14(20)11-6-5-7-12-13(11)18-15(21)16(10-17-12)8-3-1-2-4-9-16/h5-7,17H,1-4,8-10H2,(H,18,21)(H,19,20). The van der Waals surface area contributed by atoms with Crippen molar-refractivity contribution in [3.63, 3.8) is 0 Å². The highest BCUT2D eigenvalue weighted by Gasteiger charge is 2.41. The highest BCUT2D eigenvalue weighted by molar-refractivity contribution is 6.07. The number of amides is 1. The second kappa shape index (κ2) is 5.39. The van der Waals surface area contributed by atoms with E-state index in [9.17, 15) is 14.7 Å². The quantitative estimate of drug-likeness (QED) is 0.742. The summed E-state index contributed by atoms with van der Waals surface area (Å²) in [5, 5.41) is 15.5. The highest BCUT2D eigenvalue weighted by Crippen LogP contribution is 2.40. The summed E-state index contributed by atoms with van der Waals surface area (Å²) in [6.07, 6.45) is 6.17. The zero-order valence-electron chi connectivity index (χ0n) is 11.9. The van der Waals surface area contributed by atoms with Gasteiger partial charge in [0.1, 0.15) is 0 Å². The van der Waals surface area contributed by atoms with Crippen LogP contribution in [0.4, 0.5) is 11.4 Å². The summed E-state index contributed by atoms with van der Waals surface area (Å²) in [4.78, 5) is 24.1. The number of carbonyl (C=O) groups is 2. The van der Waals surface area contributed by atoms with Crippen molar-refractivity contribution in [3.05, 3.63) is 23.8 Å². The molecule has 1 heterocycles. The minimum absolute atomic E-state index is 0.0376. The smallest absolute Gasteiger partial charge is 0.337 e. The fourth-order valence-electron chi connectivity index (χ4n) is 3.41. The Morgan fingerprint density at radius 1 is 1.14 bits per heavy atom. The van der Waals surface area contributed by atoms with Gasteiger partial charge in [-0.2, -0.15) is 0 Å². The minimum Gasteiger partial charge on any atom is -0.478 e. The average Bonchev–Trinajstić information content (AvgIpc) is 2.78. The molecule has 1 saturated carbocycles. The van der Waals surface area contributed by atoms with E-state index in [0.717, 1.165) is 25.7 Å². The summed E-state index contributed by atoms with van der Waals surface area (Å²) in [5.74, 6) is -1.06. The summed E-state index contributed by atoms with van der Waals surface area (Å²) in [6.45, 7) is 0.578. The third-order valence-electron chi connectivity index (χ3n) is 4.69. The highest BCUT2D eigenvalue weighted by atomic mass is 16.4. The predicted octanol–water partition coefficient (Wildman–Crippen LogP) is 3.09. The maximum absolute atomic E-state index is 12.7. The summed E-state index contributed by atoms with van der Waals surface area (Å²) in [6, 6.07) is 5.04. The Morgan fingerprint density at radius 3 is 2.52 bits per heavy atom. The molecule has 0 saturated heterocycles. The number of fused-ring (bicyclic) bond motifs is 1. The molecular formula is C16H20N2O3. The largest absolute Gasteiger partial charge is 0.478 e. The first kappa shape index (κ1) is 13.9. The first-order chi connectivity index (χ1) is 10.1. The van der Waals surface area contributed by atoms with Crippen LogP contribution >= 0.6 is 0 Å². The predicted molar refractivity (Wildman–Crippen MR) is 80.7 cm³/mol. The second-order valence-corrected chi connectivity index (χ2v) is 6.04. The summed E-state index contributed by atoms with van der Waals surface area (Å²) in [7, 11) is 0. The van der Waals surface area contributed by atoms with Crippen LogP contribution in [0.25, 0.3) is 0 Å². The van der Waals surface area contributed by atoms with Crippen LogP contribution in [0.2, 0.25) is 0 Å². The molecule has 2 aliphatic rings. The molecule has 1 aliphatic carbocycles. The van der Waals surface area contributed by atoms with Crippen molar-refractivity contribution in [2.75, 3.05) is 17.2 Å². The number of carbonyl (C=O) groups excluding carboxylic acids is 1. The second-order valence-electron chi connectivity index (χ2n) is 6.04. The topological polar surface area (TPSA) is 78.4 Å². The van der Waals surface area contributed by atoms with Gasteiger partial charge in [-0.05, 0) is 25.0 Å². The third kappa shape index (κ3) is 2.48. The number of nitrogens with one attached hydrogen (secondary N) is 2. The minimum atomic E-state index is -1.02. The summed E-state index contributed by atoms with van der Waals surface area (Å²) >= 11 is 0. The zero-order valence-corrected chi connectivity index (χ0v) is 11.9. The van der Waals surface area contributed by atoms with Crippen LogP contribution in [-0.4, -0.2) is 23.5 Å². The van der Waals surface area contributed by atoms with Crippen molar-refractivity contribution in [2.24, 2.45) is 5.41 Å². The van der Waals surface area contributed by atoms with E-state index in [1.165, 1.54) is 18.9 Å². The molecule has 0 aromatic heterocycles. The van der Waals surface area contributed by atoms with Crippen LogP contribution in [0, 0.1) is 5.41 Å². The number of anilines is 2. The molecule has 0 radical (unpaired) electrons. The van der Waals surface area contributed by atoms with Gasteiger partial charge in [-0.1, -0.05) is 31.7 Å². The molecule has 0 bridgehead atoms. The van der Waals surface area contributed by atoms with Crippen LogP contribution in [0.3, 0.4) is 0 Å². The maximum Gasteiger partial charge on any atom is 0.337 e. The zero-order chi connectivity index (χ0) is 14.9. The summed E-state index contributed by atoms with van der Waals surface area (Å²) < 4.78 is 0. The maximum atomic E-state index is 12.7. The van der Waals surface area contributed by atoms with Gasteiger partial charge in [-0.25, -0.2) is 4.79 Å². The van der Waals surface area contributed by atoms with E-state index in [0.29, 0.717) is 17.9 Å². The fourth-order valence-corrected chi connectivity index (χ4v) is 3.41. The van der Waals surface area contributed by atoms with Crippen molar-refractivity contribution < 1.29 is 14.7 Å². The van der Waals surface area contributed by atoms with E-state index in [-0.39, 0.29) is 11.5 Å². The lowest BCUT2D eigenvalue weighted by Crippen LogP contribution is -2.39. The first-order valence-electron chi connectivity index (χ1n) is 7.54. The van der Waals surface area contributed by atoms with Gasteiger partial charge in [0.2, 0.25) is 5.91 Å². The molecule has 0 atom stereocenters. The monoisotopic (exact) mass is 288 g/mol. The van der Waals surface area contributed by atoms with Crippen molar-refractivity contribution >= 4 is 23.3 Å². The molecule has 1 aromatic carbocycles. The number of rotatable bonds is 1. The van der Waals surface area contributed by atoms with Crippen LogP contribution in [0.1, 0.15) is 48.9 Å². The number of para-hydroxylation sites is 1.